The van der Waals surface area contributed by atoms with Crippen molar-refractivity contribution in [3.63, 3.8) is 0 Å². The van der Waals surface area contributed by atoms with Gasteiger partial charge in [0.15, 0.2) is 6.61 Å². The molecule has 1 amide bonds. The topological polar surface area (TPSA) is 122 Å². The number of amides is 1. The van der Waals surface area contributed by atoms with Crippen LogP contribution in [0, 0.1) is 21.4 Å². The summed E-state index contributed by atoms with van der Waals surface area (Å²) < 4.78 is 4.96. The van der Waals surface area contributed by atoms with Gasteiger partial charge in [0, 0.05) is 17.0 Å². The number of carbonyl (C=O) groups is 2. The van der Waals surface area contributed by atoms with Crippen molar-refractivity contribution in [3.8, 4) is 6.07 Å². The summed E-state index contributed by atoms with van der Waals surface area (Å²) in [5, 5.41) is 23.2. The molecule has 0 unspecified atom stereocenters. The third-order valence-electron chi connectivity index (χ3n) is 4.43. The molecule has 2 aromatic rings. The normalized spacial score (nSPS) is 13.0. The van der Waals surface area contributed by atoms with E-state index in [0.717, 1.165) is 42.5 Å². The third kappa shape index (κ3) is 4.35. The lowest BCUT2D eigenvalue weighted by Crippen LogP contribution is -2.20. The summed E-state index contributed by atoms with van der Waals surface area (Å²) >= 11 is 1.40. The smallest absolute Gasteiger partial charge is 0.338 e. The lowest BCUT2D eigenvalue weighted by Gasteiger charge is -2.06. The van der Waals surface area contributed by atoms with E-state index in [-0.39, 0.29) is 11.3 Å². The Morgan fingerprint density at radius 2 is 1.93 bits per heavy atom. The Morgan fingerprint density at radius 3 is 2.61 bits per heavy atom. The largest absolute Gasteiger partial charge is 0.452 e. The molecule has 0 atom stereocenters. The van der Waals surface area contributed by atoms with E-state index in [9.17, 15) is 25.0 Å². The van der Waals surface area contributed by atoms with Crippen LogP contribution in [0.5, 0.6) is 0 Å². The molecule has 144 valence electrons. The minimum absolute atomic E-state index is 0.110. The Morgan fingerprint density at radius 1 is 1.21 bits per heavy atom. The number of nitrogens with zero attached hydrogens (tertiary/aromatic N) is 2. The predicted octanol–water partition coefficient (Wildman–Crippen LogP) is 3.59. The van der Waals surface area contributed by atoms with E-state index in [0.29, 0.717) is 10.6 Å². The summed E-state index contributed by atoms with van der Waals surface area (Å²) in [5.74, 6) is -1.30. The first kappa shape index (κ1) is 19.5. The van der Waals surface area contributed by atoms with E-state index in [1.807, 2.05) is 0 Å². The highest BCUT2D eigenvalue weighted by atomic mass is 32.1. The Balaban J connectivity index is 1.61. The zero-order valence-electron chi connectivity index (χ0n) is 14.9. The number of aryl methyl sites for hydroxylation is 1. The molecule has 28 heavy (non-hydrogen) atoms. The summed E-state index contributed by atoms with van der Waals surface area (Å²) in [6.45, 7) is -0.511. The molecular formula is C19H17N3O5S. The molecule has 9 heteroatoms. The van der Waals surface area contributed by atoms with Gasteiger partial charge in [0.25, 0.3) is 11.6 Å². The molecule has 0 fully saturated rings. The van der Waals surface area contributed by atoms with Crippen molar-refractivity contribution in [1.82, 2.24) is 0 Å². The standard InChI is InChI=1S/C19H17N3O5S/c20-10-15-14-4-2-1-3-5-16(14)28-18(15)21-17(23)11-27-19(24)12-6-8-13(9-7-12)22(25)26/h6-9H,1-5,11H2,(H,21,23). The maximum Gasteiger partial charge on any atom is 0.338 e. The highest BCUT2D eigenvalue weighted by Gasteiger charge is 2.21. The average molecular weight is 399 g/mol. The third-order valence-corrected chi connectivity index (χ3v) is 5.64. The first-order valence-corrected chi connectivity index (χ1v) is 9.57. The number of ether oxygens (including phenoxy) is 1. The number of non-ortho nitro benzene ring substituents is 1. The van der Waals surface area contributed by atoms with E-state index in [4.69, 9.17) is 4.74 Å². The quantitative estimate of drug-likeness (QED) is 0.355. The number of rotatable bonds is 5. The fraction of sp³-hybridized carbons (Fsp3) is 0.316. The molecule has 1 aromatic carbocycles. The number of esters is 1. The highest BCUT2D eigenvalue weighted by molar-refractivity contribution is 7.16. The van der Waals surface area contributed by atoms with Crippen LogP contribution in [0.2, 0.25) is 0 Å². The van der Waals surface area contributed by atoms with Gasteiger partial charge in [-0.05, 0) is 43.4 Å². The van der Waals surface area contributed by atoms with Crippen LogP contribution in [0.15, 0.2) is 24.3 Å². The van der Waals surface area contributed by atoms with Gasteiger partial charge in [0.1, 0.15) is 11.1 Å². The van der Waals surface area contributed by atoms with Crippen LogP contribution >= 0.6 is 11.3 Å². The summed E-state index contributed by atoms with van der Waals surface area (Å²) in [6.07, 6.45) is 4.96. The molecule has 1 aliphatic carbocycles. The Kier molecular flexibility index (Phi) is 6.01. The number of nitro benzene ring substituents is 1. The molecule has 1 N–H and O–H groups in total. The average Bonchev–Trinajstić information content (AvgIpc) is 2.85. The van der Waals surface area contributed by atoms with Gasteiger partial charge in [-0.25, -0.2) is 4.79 Å². The lowest BCUT2D eigenvalue weighted by atomic mass is 10.1. The van der Waals surface area contributed by atoms with Crippen molar-refractivity contribution in [2.45, 2.75) is 32.1 Å². The van der Waals surface area contributed by atoms with Crippen molar-refractivity contribution in [2.75, 3.05) is 11.9 Å². The minimum atomic E-state index is -0.757. The van der Waals surface area contributed by atoms with E-state index in [1.54, 1.807) is 0 Å². The fourth-order valence-electron chi connectivity index (χ4n) is 3.05. The van der Waals surface area contributed by atoms with Crippen LogP contribution in [0.3, 0.4) is 0 Å². The second kappa shape index (κ2) is 8.63. The van der Waals surface area contributed by atoms with Gasteiger partial charge in [0.05, 0.1) is 16.1 Å². The van der Waals surface area contributed by atoms with Crippen LogP contribution in [-0.4, -0.2) is 23.4 Å². The molecule has 0 bridgehead atoms. The minimum Gasteiger partial charge on any atom is -0.452 e. The number of nitrogens with one attached hydrogen (secondary N) is 1. The molecule has 1 aliphatic rings. The molecule has 3 rings (SSSR count). The zero-order valence-corrected chi connectivity index (χ0v) is 15.7. The zero-order chi connectivity index (χ0) is 20.1. The van der Waals surface area contributed by atoms with E-state index >= 15 is 0 Å². The van der Waals surface area contributed by atoms with Gasteiger partial charge in [-0.3, -0.25) is 14.9 Å². The second-order valence-corrected chi connectivity index (χ2v) is 7.41. The monoisotopic (exact) mass is 399 g/mol. The number of anilines is 1. The number of hydrogen-bond donors (Lipinski definition) is 1. The molecule has 0 saturated carbocycles. The lowest BCUT2D eigenvalue weighted by molar-refractivity contribution is -0.384. The van der Waals surface area contributed by atoms with Gasteiger partial charge < -0.3 is 10.1 Å². The Hall–Kier alpha value is -3.25. The maximum atomic E-state index is 12.2. The molecular weight excluding hydrogens is 382 g/mol. The van der Waals surface area contributed by atoms with Crippen LogP contribution in [0.4, 0.5) is 10.7 Å². The summed E-state index contributed by atoms with van der Waals surface area (Å²) in [7, 11) is 0. The number of hydrogen-bond acceptors (Lipinski definition) is 7. The van der Waals surface area contributed by atoms with Crippen LogP contribution in [0.1, 0.15) is 45.6 Å². The van der Waals surface area contributed by atoms with Crippen molar-refractivity contribution in [1.29, 1.82) is 5.26 Å². The van der Waals surface area contributed by atoms with Gasteiger partial charge >= 0.3 is 5.97 Å². The SMILES string of the molecule is N#Cc1c(NC(=O)COC(=O)c2ccc([N+](=O)[O-])cc2)sc2c1CCCCC2. The molecule has 1 heterocycles. The van der Waals surface area contributed by atoms with Crippen LogP contribution in [-0.2, 0) is 22.4 Å². The number of thiophene rings is 1. The second-order valence-electron chi connectivity index (χ2n) is 6.31. The van der Waals surface area contributed by atoms with E-state index in [2.05, 4.69) is 11.4 Å². The van der Waals surface area contributed by atoms with Crippen LogP contribution < -0.4 is 5.32 Å². The van der Waals surface area contributed by atoms with Gasteiger partial charge in [-0.2, -0.15) is 5.26 Å². The number of benzene rings is 1. The molecule has 0 spiro atoms. The summed E-state index contributed by atoms with van der Waals surface area (Å²) in [4.78, 5) is 35.3. The van der Waals surface area contributed by atoms with Gasteiger partial charge in [-0.1, -0.05) is 6.42 Å². The summed E-state index contributed by atoms with van der Waals surface area (Å²) in [5.41, 5.74) is 1.48. The first-order valence-electron chi connectivity index (χ1n) is 8.75. The molecule has 1 aromatic heterocycles. The molecule has 0 aliphatic heterocycles. The van der Waals surface area contributed by atoms with E-state index in [1.165, 1.54) is 35.6 Å². The number of fused-ring (bicyclic) bond motifs is 1. The first-order chi connectivity index (χ1) is 13.5. The molecule has 0 saturated heterocycles. The highest BCUT2D eigenvalue weighted by Crippen LogP contribution is 2.36. The Bertz CT molecular complexity index is 959. The van der Waals surface area contributed by atoms with Gasteiger partial charge in [-0.15, -0.1) is 11.3 Å². The molecule has 0 radical (unpaired) electrons. The van der Waals surface area contributed by atoms with Crippen molar-refractivity contribution in [3.05, 3.63) is 55.9 Å². The number of nitriles is 1. The van der Waals surface area contributed by atoms with Crippen LogP contribution in [0.25, 0.3) is 0 Å². The fourth-order valence-corrected chi connectivity index (χ4v) is 4.30. The number of nitro groups is 1. The van der Waals surface area contributed by atoms with Crippen molar-refractivity contribution >= 4 is 33.9 Å². The Labute approximate surface area is 164 Å². The van der Waals surface area contributed by atoms with Gasteiger partial charge in [0.2, 0.25) is 0 Å². The number of carbonyl (C=O) groups excluding carboxylic acids is 2. The van der Waals surface area contributed by atoms with Crippen molar-refractivity contribution in [2.24, 2.45) is 0 Å². The van der Waals surface area contributed by atoms with E-state index < -0.39 is 23.4 Å². The predicted molar refractivity (Wildman–Crippen MR) is 102 cm³/mol. The summed E-state index contributed by atoms with van der Waals surface area (Å²) in [6, 6.07) is 7.09. The maximum absolute atomic E-state index is 12.2. The van der Waals surface area contributed by atoms with Crippen molar-refractivity contribution < 1.29 is 19.2 Å². The molecule has 8 nitrogen and oxygen atoms in total.